The summed E-state index contributed by atoms with van der Waals surface area (Å²) in [4.78, 5) is 12.2. The highest BCUT2D eigenvalue weighted by atomic mass is 32.2. The van der Waals surface area contributed by atoms with E-state index in [1.54, 1.807) is 19.9 Å². The lowest BCUT2D eigenvalue weighted by Gasteiger charge is -2.06. The van der Waals surface area contributed by atoms with Crippen LogP contribution in [0.1, 0.15) is 21.9 Å². The summed E-state index contributed by atoms with van der Waals surface area (Å²) in [7, 11) is -2.13. The monoisotopic (exact) mass is 308 g/mol. The number of furan rings is 1. The Labute approximate surface area is 123 Å². The summed E-state index contributed by atoms with van der Waals surface area (Å²) in [6.45, 7) is 3.48. The molecule has 1 heterocycles. The van der Waals surface area contributed by atoms with Gasteiger partial charge in [-0.05, 0) is 51.2 Å². The molecule has 0 atom stereocenters. The van der Waals surface area contributed by atoms with E-state index >= 15 is 0 Å². The Morgan fingerprint density at radius 1 is 1.14 bits per heavy atom. The standard InChI is InChI=1S/C14H16N2O4S/c1-9-8-13(10(2)20-9)14(17)16-11-4-6-12(7-5-11)21(18,19)15-3/h4-8,15H,1-3H3,(H,16,17). The van der Waals surface area contributed by atoms with Crippen molar-refractivity contribution in [3.05, 3.63) is 47.4 Å². The number of carbonyl (C=O) groups is 1. The van der Waals surface area contributed by atoms with Gasteiger partial charge in [-0.25, -0.2) is 13.1 Å². The third-order valence-electron chi connectivity index (χ3n) is 2.98. The maximum absolute atomic E-state index is 12.1. The molecule has 0 aliphatic heterocycles. The maximum Gasteiger partial charge on any atom is 0.259 e. The van der Waals surface area contributed by atoms with E-state index in [1.807, 2.05) is 0 Å². The molecule has 1 aromatic carbocycles. The fraction of sp³-hybridized carbons (Fsp3) is 0.214. The van der Waals surface area contributed by atoms with Gasteiger partial charge in [-0.1, -0.05) is 0 Å². The zero-order valence-corrected chi connectivity index (χ0v) is 12.7. The molecule has 0 aliphatic carbocycles. The van der Waals surface area contributed by atoms with Gasteiger partial charge in [0.05, 0.1) is 10.5 Å². The van der Waals surface area contributed by atoms with Crippen molar-refractivity contribution in [2.75, 3.05) is 12.4 Å². The van der Waals surface area contributed by atoms with Gasteiger partial charge in [0.2, 0.25) is 10.0 Å². The summed E-state index contributed by atoms with van der Waals surface area (Å²) >= 11 is 0. The first kappa shape index (κ1) is 15.3. The van der Waals surface area contributed by atoms with Crippen molar-refractivity contribution >= 4 is 21.6 Å². The average molecular weight is 308 g/mol. The first-order valence-electron chi connectivity index (χ1n) is 6.25. The molecule has 0 saturated heterocycles. The predicted octanol–water partition coefficient (Wildman–Crippen LogP) is 2.06. The summed E-state index contributed by atoms with van der Waals surface area (Å²) in [6.07, 6.45) is 0. The number of benzene rings is 1. The molecule has 2 N–H and O–H groups in total. The van der Waals surface area contributed by atoms with Crippen LogP contribution in [0, 0.1) is 13.8 Å². The summed E-state index contributed by atoms with van der Waals surface area (Å²) in [6, 6.07) is 7.57. The molecule has 7 heteroatoms. The lowest BCUT2D eigenvalue weighted by molar-refractivity contribution is 0.102. The summed E-state index contributed by atoms with van der Waals surface area (Å²) in [5.74, 6) is 0.904. The van der Waals surface area contributed by atoms with Crippen LogP contribution in [0.3, 0.4) is 0 Å². The van der Waals surface area contributed by atoms with Crippen LogP contribution in [-0.4, -0.2) is 21.4 Å². The quantitative estimate of drug-likeness (QED) is 0.905. The second-order valence-electron chi connectivity index (χ2n) is 4.51. The van der Waals surface area contributed by atoms with E-state index in [0.717, 1.165) is 0 Å². The van der Waals surface area contributed by atoms with Gasteiger partial charge in [0.25, 0.3) is 5.91 Å². The number of aryl methyl sites for hydroxylation is 2. The van der Waals surface area contributed by atoms with Crippen molar-refractivity contribution in [1.29, 1.82) is 0 Å². The second kappa shape index (κ2) is 5.71. The van der Waals surface area contributed by atoms with Crippen LogP contribution in [-0.2, 0) is 10.0 Å². The van der Waals surface area contributed by atoms with E-state index in [4.69, 9.17) is 4.42 Å². The molecule has 0 radical (unpaired) electrons. The van der Waals surface area contributed by atoms with E-state index in [-0.39, 0.29) is 10.8 Å². The number of nitrogens with one attached hydrogen (secondary N) is 2. The van der Waals surface area contributed by atoms with Gasteiger partial charge < -0.3 is 9.73 Å². The Hall–Kier alpha value is -2.12. The normalized spacial score (nSPS) is 11.4. The van der Waals surface area contributed by atoms with Gasteiger partial charge in [0, 0.05) is 5.69 Å². The van der Waals surface area contributed by atoms with Crippen LogP contribution in [0.15, 0.2) is 39.6 Å². The van der Waals surface area contributed by atoms with Crippen molar-refractivity contribution < 1.29 is 17.6 Å². The van der Waals surface area contributed by atoms with E-state index in [0.29, 0.717) is 22.8 Å². The molecule has 112 valence electrons. The van der Waals surface area contributed by atoms with Crippen LogP contribution < -0.4 is 10.0 Å². The number of anilines is 1. The largest absolute Gasteiger partial charge is 0.466 e. The molecule has 0 saturated carbocycles. The highest BCUT2D eigenvalue weighted by Gasteiger charge is 2.15. The smallest absolute Gasteiger partial charge is 0.259 e. The Bertz CT molecular complexity index is 761. The van der Waals surface area contributed by atoms with Crippen LogP contribution >= 0.6 is 0 Å². The molecule has 1 aromatic heterocycles. The van der Waals surface area contributed by atoms with E-state index in [2.05, 4.69) is 10.0 Å². The van der Waals surface area contributed by atoms with Crippen molar-refractivity contribution in [3.63, 3.8) is 0 Å². The molecule has 0 fully saturated rings. The third kappa shape index (κ3) is 3.32. The van der Waals surface area contributed by atoms with Gasteiger partial charge in [0.15, 0.2) is 0 Å². The van der Waals surface area contributed by atoms with Gasteiger partial charge in [0.1, 0.15) is 11.5 Å². The fourth-order valence-electron chi connectivity index (χ4n) is 1.89. The van der Waals surface area contributed by atoms with E-state index in [1.165, 1.54) is 31.3 Å². The predicted molar refractivity (Wildman–Crippen MR) is 78.8 cm³/mol. The number of hydrogen-bond acceptors (Lipinski definition) is 4. The lowest BCUT2D eigenvalue weighted by atomic mass is 10.2. The number of rotatable bonds is 4. The van der Waals surface area contributed by atoms with Crippen LogP contribution in [0.5, 0.6) is 0 Å². The second-order valence-corrected chi connectivity index (χ2v) is 6.40. The van der Waals surface area contributed by atoms with Crippen molar-refractivity contribution in [2.45, 2.75) is 18.7 Å². The minimum atomic E-state index is -3.48. The van der Waals surface area contributed by atoms with Crippen molar-refractivity contribution in [2.24, 2.45) is 0 Å². The van der Waals surface area contributed by atoms with Crippen molar-refractivity contribution in [3.8, 4) is 0 Å². The number of carbonyl (C=O) groups excluding carboxylic acids is 1. The SMILES string of the molecule is CNS(=O)(=O)c1ccc(NC(=O)c2cc(C)oc2C)cc1. The Kier molecular flexibility index (Phi) is 4.15. The molecule has 0 bridgehead atoms. The molecule has 0 unspecified atom stereocenters. The minimum Gasteiger partial charge on any atom is -0.466 e. The molecular weight excluding hydrogens is 292 g/mol. The first-order valence-corrected chi connectivity index (χ1v) is 7.74. The minimum absolute atomic E-state index is 0.137. The molecular formula is C14H16N2O4S. The first-order chi connectivity index (χ1) is 9.83. The average Bonchev–Trinajstić information content (AvgIpc) is 2.78. The van der Waals surface area contributed by atoms with Crippen molar-refractivity contribution in [1.82, 2.24) is 4.72 Å². The van der Waals surface area contributed by atoms with Crippen LogP contribution in [0.25, 0.3) is 0 Å². The number of sulfonamides is 1. The lowest BCUT2D eigenvalue weighted by Crippen LogP contribution is -2.18. The molecule has 2 rings (SSSR count). The number of amides is 1. The molecule has 21 heavy (non-hydrogen) atoms. The maximum atomic E-state index is 12.1. The summed E-state index contributed by atoms with van der Waals surface area (Å²) < 4.78 is 30.7. The highest BCUT2D eigenvalue weighted by Crippen LogP contribution is 2.18. The molecule has 6 nitrogen and oxygen atoms in total. The van der Waals surface area contributed by atoms with Crippen LogP contribution in [0.4, 0.5) is 5.69 Å². The summed E-state index contributed by atoms with van der Waals surface area (Å²) in [5, 5.41) is 2.69. The Morgan fingerprint density at radius 2 is 1.76 bits per heavy atom. The molecule has 1 amide bonds. The molecule has 0 aliphatic rings. The van der Waals surface area contributed by atoms with Gasteiger partial charge in [-0.15, -0.1) is 0 Å². The van der Waals surface area contributed by atoms with E-state index in [9.17, 15) is 13.2 Å². The Balaban J connectivity index is 2.18. The highest BCUT2D eigenvalue weighted by molar-refractivity contribution is 7.89. The molecule has 2 aromatic rings. The van der Waals surface area contributed by atoms with Gasteiger partial charge >= 0.3 is 0 Å². The van der Waals surface area contributed by atoms with Gasteiger partial charge in [-0.3, -0.25) is 4.79 Å². The zero-order valence-electron chi connectivity index (χ0n) is 11.9. The third-order valence-corrected chi connectivity index (χ3v) is 4.41. The van der Waals surface area contributed by atoms with E-state index < -0.39 is 10.0 Å². The zero-order chi connectivity index (χ0) is 15.6. The van der Waals surface area contributed by atoms with Crippen LogP contribution in [0.2, 0.25) is 0 Å². The number of hydrogen-bond donors (Lipinski definition) is 2. The summed E-state index contributed by atoms with van der Waals surface area (Å²) in [5.41, 5.74) is 0.965. The van der Waals surface area contributed by atoms with Gasteiger partial charge in [-0.2, -0.15) is 0 Å². The molecule has 0 spiro atoms. The Morgan fingerprint density at radius 3 is 2.24 bits per heavy atom. The fourth-order valence-corrected chi connectivity index (χ4v) is 2.62. The topological polar surface area (TPSA) is 88.4 Å².